The van der Waals surface area contributed by atoms with E-state index in [0.29, 0.717) is 11.6 Å². The summed E-state index contributed by atoms with van der Waals surface area (Å²) in [5, 5.41) is 16.6. The summed E-state index contributed by atoms with van der Waals surface area (Å²) in [6.45, 7) is 0. The normalized spacial score (nSPS) is 12.8. The van der Waals surface area contributed by atoms with Gasteiger partial charge in [-0.2, -0.15) is 0 Å². The van der Waals surface area contributed by atoms with E-state index >= 15 is 0 Å². The number of nitrogens with zero attached hydrogens (tertiary/aromatic N) is 3. The van der Waals surface area contributed by atoms with Gasteiger partial charge < -0.3 is 10.8 Å². The number of fused-ring (bicyclic) bond motifs is 1. The predicted molar refractivity (Wildman–Crippen MR) is 65.6 cm³/mol. The zero-order chi connectivity index (χ0) is 12.3. The standard InChI is InChI=1S/C10H12N4O2S/c11-7(10(15)16)5-17-6-14-9-4-2-1-3-8(9)12-13-14/h1-4,7H,5-6,11H2,(H,15,16). The number of thioether (sulfide) groups is 1. The first-order valence-corrected chi connectivity index (χ1v) is 6.18. The molecule has 1 aromatic carbocycles. The fourth-order valence-corrected chi connectivity index (χ4v) is 2.22. The number of benzene rings is 1. The lowest BCUT2D eigenvalue weighted by Crippen LogP contribution is -2.32. The van der Waals surface area contributed by atoms with Crippen molar-refractivity contribution in [2.75, 3.05) is 5.75 Å². The number of nitrogens with two attached hydrogens (primary N) is 1. The van der Waals surface area contributed by atoms with Crippen molar-refractivity contribution in [1.29, 1.82) is 0 Å². The monoisotopic (exact) mass is 252 g/mol. The first-order chi connectivity index (χ1) is 8.18. The van der Waals surface area contributed by atoms with Gasteiger partial charge in [-0.15, -0.1) is 16.9 Å². The second-order valence-corrected chi connectivity index (χ2v) is 4.52. The third-order valence-electron chi connectivity index (χ3n) is 2.25. The summed E-state index contributed by atoms with van der Waals surface area (Å²) in [4.78, 5) is 10.5. The molecule has 0 aliphatic rings. The minimum absolute atomic E-state index is 0.351. The minimum Gasteiger partial charge on any atom is -0.480 e. The van der Waals surface area contributed by atoms with E-state index < -0.39 is 12.0 Å². The molecule has 2 rings (SSSR count). The van der Waals surface area contributed by atoms with Crippen molar-refractivity contribution < 1.29 is 9.90 Å². The predicted octanol–water partition coefficient (Wildman–Crippen LogP) is 0.534. The molecule has 0 aliphatic carbocycles. The van der Waals surface area contributed by atoms with E-state index in [4.69, 9.17) is 10.8 Å². The molecule has 1 atom stereocenters. The Labute approximate surface area is 102 Å². The summed E-state index contributed by atoms with van der Waals surface area (Å²) in [6, 6.07) is 6.78. The topological polar surface area (TPSA) is 94.0 Å². The lowest BCUT2D eigenvalue weighted by Gasteiger charge is -2.05. The van der Waals surface area contributed by atoms with Crippen LogP contribution in [0.5, 0.6) is 0 Å². The van der Waals surface area contributed by atoms with Crippen molar-refractivity contribution in [2.24, 2.45) is 5.73 Å². The number of para-hydroxylation sites is 1. The Bertz CT molecular complexity index is 528. The molecular weight excluding hydrogens is 240 g/mol. The molecule has 6 nitrogen and oxygen atoms in total. The van der Waals surface area contributed by atoms with Gasteiger partial charge in [-0.05, 0) is 12.1 Å². The average Bonchev–Trinajstić information content (AvgIpc) is 2.72. The molecule has 1 heterocycles. The van der Waals surface area contributed by atoms with Crippen molar-refractivity contribution >= 4 is 28.8 Å². The quantitative estimate of drug-likeness (QED) is 0.806. The number of hydrogen-bond acceptors (Lipinski definition) is 5. The van der Waals surface area contributed by atoms with E-state index in [1.54, 1.807) is 4.68 Å². The lowest BCUT2D eigenvalue weighted by molar-refractivity contribution is -0.137. The van der Waals surface area contributed by atoms with Gasteiger partial charge in [-0.3, -0.25) is 4.79 Å². The Morgan fingerprint density at radius 2 is 2.29 bits per heavy atom. The van der Waals surface area contributed by atoms with Gasteiger partial charge in [-0.1, -0.05) is 17.3 Å². The molecule has 90 valence electrons. The molecule has 0 fully saturated rings. The van der Waals surface area contributed by atoms with Crippen LogP contribution in [0.1, 0.15) is 0 Å². The zero-order valence-electron chi connectivity index (χ0n) is 8.98. The summed E-state index contributed by atoms with van der Waals surface area (Å²) in [7, 11) is 0. The number of aliphatic carboxylic acids is 1. The Kier molecular flexibility index (Phi) is 3.60. The average molecular weight is 252 g/mol. The Morgan fingerprint density at radius 3 is 3.06 bits per heavy atom. The smallest absolute Gasteiger partial charge is 0.321 e. The van der Waals surface area contributed by atoms with Crippen LogP contribution >= 0.6 is 11.8 Å². The molecule has 1 aromatic heterocycles. The van der Waals surface area contributed by atoms with Crippen molar-refractivity contribution in [3.05, 3.63) is 24.3 Å². The van der Waals surface area contributed by atoms with Crippen LogP contribution in [-0.4, -0.2) is 37.9 Å². The SMILES string of the molecule is NC(CSCn1nnc2ccccc21)C(=O)O. The number of hydrogen-bond donors (Lipinski definition) is 2. The fraction of sp³-hybridized carbons (Fsp3) is 0.300. The molecule has 1 unspecified atom stereocenters. The highest BCUT2D eigenvalue weighted by molar-refractivity contribution is 7.98. The molecule has 0 saturated carbocycles. The van der Waals surface area contributed by atoms with Crippen LogP contribution in [-0.2, 0) is 10.7 Å². The van der Waals surface area contributed by atoms with Crippen molar-refractivity contribution in [3.63, 3.8) is 0 Å². The Balaban J connectivity index is 1.98. The lowest BCUT2D eigenvalue weighted by atomic mass is 10.3. The molecular formula is C10H12N4O2S. The van der Waals surface area contributed by atoms with Crippen LogP contribution in [0.4, 0.5) is 0 Å². The third-order valence-corrected chi connectivity index (χ3v) is 3.27. The van der Waals surface area contributed by atoms with E-state index in [1.807, 2.05) is 24.3 Å². The van der Waals surface area contributed by atoms with Crippen molar-refractivity contribution in [3.8, 4) is 0 Å². The van der Waals surface area contributed by atoms with Crippen LogP contribution in [0, 0.1) is 0 Å². The Hall–Kier alpha value is -1.60. The van der Waals surface area contributed by atoms with E-state index in [1.165, 1.54) is 11.8 Å². The van der Waals surface area contributed by atoms with Gasteiger partial charge in [-0.25, -0.2) is 4.68 Å². The minimum atomic E-state index is -0.985. The van der Waals surface area contributed by atoms with Crippen LogP contribution < -0.4 is 5.73 Å². The number of carboxylic acid groups (broad SMARTS) is 1. The second-order valence-electron chi connectivity index (χ2n) is 3.52. The molecule has 0 radical (unpaired) electrons. The maximum Gasteiger partial charge on any atom is 0.321 e. The highest BCUT2D eigenvalue weighted by Crippen LogP contribution is 2.13. The van der Waals surface area contributed by atoms with Gasteiger partial charge in [0.05, 0.1) is 11.4 Å². The van der Waals surface area contributed by atoms with Gasteiger partial charge in [0.1, 0.15) is 11.6 Å². The number of carbonyl (C=O) groups is 1. The second kappa shape index (κ2) is 5.15. The summed E-state index contributed by atoms with van der Waals surface area (Å²) in [5.41, 5.74) is 7.17. The van der Waals surface area contributed by atoms with E-state index in [0.717, 1.165) is 11.0 Å². The molecule has 17 heavy (non-hydrogen) atoms. The van der Waals surface area contributed by atoms with Gasteiger partial charge in [0.2, 0.25) is 0 Å². The Morgan fingerprint density at radius 1 is 1.53 bits per heavy atom. The summed E-state index contributed by atoms with van der Waals surface area (Å²) < 4.78 is 1.73. The first-order valence-electron chi connectivity index (χ1n) is 5.03. The van der Waals surface area contributed by atoms with Crippen LogP contribution in [0.3, 0.4) is 0 Å². The molecule has 2 aromatic rings. The largest absolute Gasteiger partial charge is 0.480 e. The van der Waals surface area contributed by atoms with Crippen molar-refractivity contribution in [2.45, 2.75) is 11.9 Å². The van der Waals surface area contributed by atoms with Crippen LogP contribution in [0.25, 0.3) is 11.0 Å². The summed E-state index contributed by atoms with van der Waals surface area (Å²) >= 11 is 1.42. The third kappa shape index (κ3) is 2.75. The zero-order valence-corrected chi connectivity index (χ0v) is 9.80. The molecule has 0 saturated heterocycles. The van der Waals surface area contributed by atoms with E-state index in [9.17, 15) is 4.79 Å². The van der Waals surface area contributed by atoms with Gasteiger partial charge >= 0.3 is 5.97 Å². The molecule has 3 N–H and O–H groups in total. The molecule has 0 aliphatic heterocycles. The van der Waals surface area contributed by atoms with E-state index in [2.05, 4.69) is 10.3 Å². The first kappa shape index (κ1) is 11.9. The molecule has 0 spiro atoms. The van der Waals surface area contributed by atoms with Crippen LogP contribution in [0.2, 0.25) is 0 Å². The van der Waals surface area contributed by atoms with E-state index in [-0.39, 0.29) is 0 Å². The van der Waals surface area contributed by atoms with Crippen molar-refractivity contribution in [1.82, 2.24) is 15.0 Å². The van der Waals surface area contributed by atoms with Gasteiger partial charge in [0.25, 0.3) is 0 Å². The fourth-order valence-electron chi connectivity index (χ4n) is 1.35. The number of carboxylic acids is 1. The van der Waals surface area contributed by atoms with Crippen LogP contribution in [0.15, 0.2) is 24.3 Å². The maximum absolute atomic E-state index is 10.5. The number of rotatable bonds is 5. The summed E-state index contributed by atoms with van der Waals surface area (Å²) in [6.07, 6.45) is 0. The summed E-state index contributed by atoms with van der Waals surface area (Å²) in [5.74, 6) is -0.0914. The van der Waals surface area contributed by atoms with Gasteiger partial charge in [0, 0.05) is 5.75 Å². The molecule has 0 amide bonds. The maximum atomic E-state index is 10.5. The highest BCUT2D eigenvalue weighted by Gasteiger charge is 2.11. The number of aromatic nitrogens is 3. The molecule has 7 heteroatoms. The van der Waals surface area contributed by atoms with Gasteiger partial charge in [0.15, 0.2) is 0 Å². The molecule has 0 bridgehead atoms. The highest BCUT2D eigenvalue weighted by atomic mass is 32.2.